The van der Waals surface area contributed by atoms with Gasteiger partial charge in [-0.15, -0.1) is 0 Å². The summed E-state index contributed by atoms with van der Waals surface area (Å²) in [5.41, 5.74) is 1.17. The molecule has 0 radical (unpaired) electrons. The summed E-state index contributed by atoms with van der Waals surface area (Å²) < 4.78 is 11.1. The molecule has 0 bridgehead atoms. The van der Waals surface area contributed by atoms with Crippen LogP contribution in [0.5, 0.6) is 11.5 Å². The molecule has 1 N–H and O–H groups in total. The predicted molar refractivity (Wildman–Crippen MR) is 81.5 cm³/mol. The molecule has 0 aliphatic carbocycles. The van der Waals surface area contributed by atoms with Gasteiger partial charge in [-0.2, -0.15) is 0 Å². The number of ether oxygens (including phenoxy) is 2. The number of carbonyl (C=O) groups excluding carboxylic acids is 1. The largest absolute Gasteiger partial charge is 0.490 e. The highest BCUT2D eigenvalue weighted by molar-refractivity contribution is 6.30. The fourth-order valence-electron chi connectivity index (χ4n) is 2.07. The standard InChI is InChI=1S/C16H14ClNO3/c17-12-3-1-4-13(10-12)18-16(19)11-5-6-14-15(9-11)21-8-2-7-20-14/h1,3-6,9-10H,2,7-8H2,(H,18,19). The summed E-state index contributed by atoms with van der Waals surface area (Å²) in [6, 6.07) is 12.2. The van der Waals surface area contributed by atoms with Gasteiger partial charge in [0.1, 0.15) is 0 Å². The van der Waals surface area contributed by atoms with Crippen LogP contribution in [0.3, 0.4) is 0 Å². The van der Waals surface area contributed by atoms with Gasteiger partial charge < -0.3 is 14.8 Å². The molecule has 0 fully saturated rings. The maximum absolute atomic E-state index is 12.2. The molecule has 1 aliphatic rings. The van der Waals surface area contributed by atoms with Crippen molar-refractivity contribution in [1.29, 1.82) is 0 Å². The van der Waals surface area contributed by atoms with Gasteiger partial charge >= 0.3 is 0 Å². The van der Waals surface area contributed by atoms with Gasteiger partial charge in [0.15, 0.2) is 11.5 Å². The first-order valence-corrected chi connectivity index (χ1v) is 7.07. The molecule has 108 valence electrons. The maximum Gasteiger partial charge on any atom is 0.255 e. The first-order valence-electron chi connectivity index (χ1n) is 6.69. The van der Waals surface area contributed by atoms with Gasteiger partial charge in [0, 0.05) is 22.7 Å². The Labute approximate surface area is 127 Å². The van der Waals surface area contributed by atoms with Crippen LogP contribution < -0.4 is 14.8 Å². The van der Waals surface area contributed by atoms with E-state index < -0.39 is 0 Å². The topological polar surface area (TPSA) is 47.6 Å². The molecule has 0 aromatic heterocycles. The lowest BCUT2D eigenvalue weighted by molar-refractivity contribution is 0.102. The highest BCUT2D eigenvalue weighted by Crippen LogP contribution is 2.30. The SMILES string of the molecule is O=C(Nc1cccc(Cl)c1)c1ccc2c(c1)OCCCO2. The Morgan fingerprint density at radius 3 is 2.67 bits per heavy atom. The van der Waals surface area contributed by atoms with E-state index in [4.69, 9.17) is 21.1 Å². The van der Waals surface area contributed by atoms with Crippen molar-refractivity contribution in [3.63, 3.8) is 0 Å². The van der Waals surface area contributed by atoms with E-state index >= 15 is 0 Å². The highest BCUT2D eigenvalue weighted by atomic mass is 35.5. The molecule has 4 nitrogen and oxygen atoms in total. The average Bonchev–Trinajstić information content (AvgIpc) is 2.71. The second kappa shape index (κ2) is 6.06. The molecular formula is C16H14ClNO3. The van der Waals surface area contributed by atoms with Gasteiger partial charge in [-0.1, -0.05) is 17.7 Å². The van der Waals surface area contributed by atoms with Gasteiger partial charge in [-0.3, -0.25) is 4.79 Å². The molecule has 0 saturated heterocycles. The predicted octanol–water partition coefficient (Wildman–Crippen LogP) is 3.75. The molecule has 0 saturated carbocycles. The van der Waals surface area contributed by atoms with Crippen molar-refractivity contribution in [3.8, 4) is 11.5 Å². The molecule has 21 heavy (non-hydrogen) atoms. The molecule has 2 aromatic rings. The van der Waals surface area contributed by atoms with Gasteiger partial charge in [0.2, 0.25) is 0 Å². The van der Waals surface area contributed by atoms with Gasteiger partial charge in [-0.05, 0) is 36.4 Å². The van der Waals surface area contributed by atoms with Crippen LogP contribution in [0.2, 0.25) is 5.02 Å². The van der Waals surface area contributed by atoms with Crippen molar-refractivity contribution in [2.24, 2.45) is 0 Å². The number of amides is 1. The van der Waals surface area contributed by atoms with Crippen molar-refractivity contribution in [3.05, 3.63) is 53.1 Å². The number of rotatable bonds is 2. The third-order valence-electron chi connectivity index (χ3n) is 3.09. The highest BCUT2D eigenvalue weighted by Gasteiger charge is 2.14. The number of fused-ring (bicyclic) bond motifs is 1. The average molecular weight is 304 g/mol. The van der Waals surface area contributed by atoms with Crippen LogP contribution in [0, 0.1) is 0 Å². The normalized spacial score (nSPS) is 13.4. The maximum atomic E-state index is 12.2. The van der Waals surface area contributed by atoms with Gasteiger partial charge in [0.25, 0.3) is 5.91 Å². The summed E-state index contributed by atoms with van der Waals surface area (Å²) in [6.45, 7) is 1.22. The summed E-state index contributed by atoms with van der Waals surface area (Å²) in [5, 5.41) is 3.38. The van der Waals surface area contributed by atoms with E-state index in [0.717, 1.165) is 6.42 Å². The van der Waals surface area contributed by atoms with Crippen LogP contribution in [0.25, 0.3) is 0 Å². The number of benzene rings is 2. The van der Waals surface area contributed by atoms with Crippen LogP contribution in [-0.4, -0.2) is 19.1 Å². The Bertz CT molecular complexity index is 672. The van der Waals surface area contributed by atoms with E-state index in [2.05, 4.69) is 5.32 Å². The zero-order valence-corrected chi connectivity index (χ0v) is 12.0. The van der Waals surface area contributed by atoms with Crippen LogP contribution in [0.1, 0.15) is 16.8 Å². The number of carbonyl (C=O) groups is 1. The Hall–Kier alpha value is -2.20. The summed E-state index contributed by atoms with van der Waals surface area (Å²) in [4.78, 5) is 12.2. The lowest BCUT2D eigenvalue weighted by Crippen LogP contribution is -2.12. The van der Waals surface area contributed by atoms with Crippen LogP contribution >= 0.6 is 11.6 Å². The summed E-state index contributed by atoms with van der Waals surface area (Å²) in [7, 11) is 0. The summed E-state index contributed by atoms with van der Waals surface area (Å²) in [6.07, 6.45) is 0.832. The Morgan fingerprint density at radius 2 is 1.86 bits per heavy atom. The number of halogens is 1. The molecule has 1 amide bonds. The molecule has 0 unspecified atom stereocenters. The Balaban J connectivity index is 1.80. The second-order valence-electron chi connectivity index (χ2n) is 4.68. The van der Waals surface area contributed by atoms with Crippen LogP contribution in [0.15, 0.2) is 42.5 Å². The minimum absolute atomic E-state index is 0.215. The van der Waals surface area contributed by atoms with Crippen LogP contribution in [-0.2, 0) is 0 Å². The fraction of sp³-hybridized carbons (Fsp3) is 0.188. The van der Waals surface area contributed by atoms with Crippen molar-refractivity contribution in [1.82, 2.24) is 0 Å². The summed E-state index contributed by atoms with van der Waals surface area (Å²) in [5.74, 6) is 1.06. The minimum atomic E-state index is -0.215. The number of anilines is 1. The number of hydrogen-bond donors (Lipinski definition) is 1. The van der Waals surface area contributed by atoms with Crippen molar-refractivity contribution >= 4 is 23.2 Å². The summed E-state index contributed by atoms with van der Waals surface area (Å²) >= 11 is 5.90. The molecule has 3 rings (SSSR count). The quantitative estimate of drug-likeness (QED) is 0.919. The van der Waals surface area contributed by atoms with E-state index in [1.807, 2.05) is 0 Å². The molecular weight excluding hydrogens is 290 g/mol. The lowest BCUT2D eigenvalue weighted by Gasteiger charge is -2.10. The number of nitrogens with one attached hydrogen (secondary N) is 1. The van der Waals surface area contributed by atoms with Gasteiger partial charge in [0.05, 0.1) is 13.2 Å². The first-order chi connectivity index (χ1) is 10.2. The Kier molecular flexibility index (Phi) is 3.97. The zero-order valence-electron chi connectivity index (χ0n) is 11.3. The molecule has 1 aliphatic heterocycles. The van der Waals surface area contributed by atoms with Gasteiger partial charge in [-0.25, -0.2) is 0 Å². The van der Waals surface area contributed by atoms with Crippen molar-refractivity contribution in [2.75, 3.05) is 18.5 Å². The minimum Gasteiger partial charge on any atom is -0.490 e. The molecule has 0 atom stereocenters. The lowest BCUT2D eigenvalue weighted by atomic mass is 10.2. The van der Waals surface area contributed by atoms with E-state index in [-0.39, 0.29) is 5.91 Å². The van der Waals surface area contributed by atoms with Crippen molar-refractivity contribution in [2.45, 2.75) is 6.42 Å². The molecule has 0 spiro atoms. The molecule has 5 heteroatoms. The number of hydrogen-bond acceptors (Lipinski definition) is 3. The zero-order chi connectivity index (χ0) is 14.7. The van der Waals surface area contributed by atoms with Crippen LogP contribution in [0.4, 0.5) is 5.69 Å². The third kappa shape index (κ3) is 3.28. The van der Waals surface area contributed by atoms with E-state index in [0.29, 0.717) is 41.0 Å². The van der Waals surface area contributed by atoms with E-state index in [1.54, 1.807) is 42.5 Å². The van der Waals surface area contributed by atoms with E-state index in [9.17, 15) is 4.79 Å². The Morgan fingerprint density at radius 1 is 1.05 bits per heavy atom. The molecule has 1 heterocycles. The molecule has 2 aromatic carbocycles. The second-order valence-corrected chi connectivity index (χ2v) is 5.11. The first kappa shape index (κ1) is 13.8. The smallest absolute Gasteiger partial charge is 0.255 e. The third-order valence-corrected chi connectivity index (χ3v) is 3.33. The fourth-order valence-corrected chi connectivity index (χ4v) is 2.26. The van der Waals surface area contributed by atoms with Crippen molar-refractivity contribution < 1.29 is 14.3 Å². The monoisotopic (exact) mass is 303 g/mol. The van der Waals surface area contributed by atoms with E-state index in [1.165, 1.54) is 0 Å².